The molecule has 19 heavy (non-hydrogen) atoms. The summed E-state index contributed by atoms with van der Waals surface area (Å²) in [7, 11) is 0. The van der Waals surface area contributed by atoms with E-state index in [1.165, 1.54) is 11.3 Å². The van der Waals surface area contributed by atoms with Crippen LogP contribution in [0.5, 0.6) is 0 Å². The van der Waals surface area contributed by atoms with E-state index in [4.69, 9.17) is 10.8 Å². The fraction of sp³-hybridized carbons (Fsp3) is 0.538. The highest BCUT2D eigenvalue weighted by molar-refractivity contribution is 7.10. The smallest absolute Gasteiger partial charge is 0.305 e. The fourth-order valence-corrected chi connectivity index (χ4v) is 2.53. The first kappa shape index (κ1) is 15.7. The summed E-state index contributed by atoms with van der Waals surface area (Å²) in [6.45, 7) is 2.39. The van der Waals surface area contributed by atoms with Crippen LogP contribution in [0.2, 0.25) is 0 Å². The number of rotatable bonds is 8. The van der Waals surface area contributed by atoms with Gasteiger partial charge in [0.05, 0.1) is 12.5 Å². The van der Waals surface area contributed by atoms with Crippen molar-refractivity contribution < 1.29 is 14.7 Å². The molecule has 0 radical (unpaired) electrons. The Morgan fingerprint density at radius 3 is 2.79 bits per heavy atom. The second kappa shape index (κ2) is 7.91. The average molecular weight is 284 g/mol. The van der Waals surface area contributed by atoms with E-state index in [0.717, 1.165) is 11.3 Å². The molecule has 106 valence electrons. The monoisotopic (exact) mass is 284 g/mol. The lowest BCUT2D eigenvalue weighted by molar-refractivity contribution is -0.137. The number of hydrogen-bond acceptors (Lipinski definition) is 4. The zero-order valence-corrected chi connectivity index (χ0v) is 11.8. The Labute approximate surface area is 116 Å². The highest BCUT2D eigenvalue weighted by Crippen LogP contribution is 2.22. The summed E-state index contributed by atoms with van der Waals surface area (Å²) < 4.78 is 0. The van der Waals surface area contributed by atoms with Gasteiger partial charge < -0.3 is 16.2 Å². The molecule has 4 N–H and O–H groups in total. The highest BCUT2D eigenvalue weighted by atomic mass is 32.1. The van der Waals surface area contributed by atoms with Gasteiger partial charge in [-0.15, -0.1) is 11.3 Å². The number of carboxylic acids is 1. The highest BCUT2D eigenvalue weighted by Gasteiger charge is 2.21. The van der Waals surface area contributed by atoms with E-state index in [-0.39, 0.29) is 18.2 Å². The molecule has 0 aliphatic carbocycles. The van der Waals surface area contributed by atoms with Crippen LogP contribution in [-0.2, 0) is 9.59 Å². The van der Waals surface area contributed by atoms with Gasteiger partial charge in [0.25, 0.3) is 0 Å². The van der Waals surface area contributed by atoms with Crippen LogP contribution in [-0.4, -0.2) is 23.5 Å². The molecule has 1 rings (SSSR count). The van der Waals surface area contributed by atoms with Crippen molar-refractivity contribution in [1.82, 2.24) is 5.32 Å². The summed E-state index contributed by atoms with van der Waals surface area (Å²) in [6.07, 6.45) is 1.40. The summed E-state index contributed by atoms with van der Waals surface area (Å²) in [5, 5.41) is 13.6. The molecule has 0 saturated heterocycles. The molecule has 5 nitrogen and oxygen atoms in total. The van der Waals surface area contributed by atoms with Gasteiger partial charge in [-0.05, 0) is 30.8 Å². The van der Waals surface area contributed by atoms with Crippen LogP contribution >= 0.6 is 11.3 Å². The Hall–Kier alpha value is -1.40. The molecule has 0 saturated carbocycles. The van der Waals surface area contributed by atoms with E-state index < -0.39 is 12.0 Å². The molecule has 1 amide bonds. The second-order valence-corrected chi connectivity index (χ2v) is 5.49. The number of hydrogen-bond donors (Lipinski definition) is 3. The van der Waals surface area contributed by atoms with Crippen molar-refractivity contribution in [3.8, 4) is 0 Å². The van der Waals surface area contributed by atoms with E-state index >= 15 is 0 Å². The lowest BCUT2D eigenvalue weighted by Crippen LogP contribution is -2.34. The minimum atomic E-state index is -0.923. The van der Waals surface area contributed by atoms with Crippen molar-refractivity contribution >= 4 is 23.2 Å². The predicted octanol–water partition coefficient (Wildman–Crippen LogP) is 1.76. The maximum absolute atomic E-state index is 12.0. The molecule has 1 heterocycles. The second-order valence-electron chi connectivity index (χ2n) is 4.51. The topological polar surface area (TPSA) is 92.4 Å². The number of carbonyl (C=O) groups excluding carboxylic acids is 1. The van der Waals surface area contributed by atoms with Crippen molar-refractivity contribution in [2.24, 2.45) is 11.7 Å². The first-order valence-electron chi connectivity index (χ1n) is 6.30. The van der Waals surface area contributed by atoms with Crippen LogP contribution in [0.25, 0.3) is 0 Å². The number of nitrogens with two attached hydrogens (primary N) is 1. The fourth-order valence-electron chi connectivity index (χ4n) is 1.76. The average Bonchev–Trinajstić information content (AvgIpc) is 2.88. The Kier molecular flexibility index (Phi) is 6.52. The predicted molar refractivity (Wildman–Crippen MR) is 74.9 cm³/mol. The molecule has 2 unspecified atom stereocenters. The standard InChI is InChI=1S/C13H20N2O3S/c1-9(4-2-6-14)13(18)15-10(8-12(16)17)11-5-3-7-19-11/h3,5,7,9-10H,2,4,6,8,14H2,1H3,(H,15,18)(H,16,17). The third-order valence-corrected chi connectivity index (χ3v) is 3.86. The molecule has 2 atom stereocenters. The maximum Gasteiger partial charge on any atom is 0.305 e. The van der Waals surface area contributed by atoms with Crippen molar-refractivity contribution in [2.45, 2.75) is 32.2 Å². The van der Waals surface area contributed by atoms with Crippen LogP contribution in [0.1, 0.15) is 37.1 Å². The molecule has 1 aromatic heterocycles. The van der Waals surface area contributed by atoms with Gasteiger partial charge >= 0.3 is 5.97 Å². The van der Waals surface area contributed by atoms with Crippen molar-refractivity contribution in [2.75, 3.05) is 6.54 Å². The van der Waals surface area contributed by atoms with Crippen LogP contribution in [0.3, 0.4) is 0 Å². The Morgan fingerprint density at radius 2 is 2.26 bits per heavy atom. The van der Waals surface area contributed by atoms with Crippen LogP contribution < -0.4 is 11.1 Å². The largest absolute Gasteiger partial charge is 0.481 e. The third kappa shape index (κ3) is 5.40. The molecule has 0 aromatic carbocycles. The van der Waals surface area contributed by atoms with Gasteiger partial charge in [0.1, 0.15) is 0 Å². The molecule has 0 aliphatic heterocycles. The van der Waals surface area contributed by atoms with E-state index in [2.05, 4.69) is 5.32 Å². The first-order chi connectivity index (χ1) is 9.04. The lowest BCUT2D eigenvalue weighted by atomic mass is 10.0. The number of aliphatic carboxylic acids is 1. The van der Waals surface area contributed by atoms with Gasteiger partial charge in [0.2, 0.25) is 5.91 Å². The van der Waals surface area contributed by atoms with E-state index in [9.17, 15) is 9.59 Å². The summed E-state index contributed by atoms with van der Waals surface area (Å²) in [5.74, 6) is -1.19. The summed E-state index contributed by atoms with van der Waals surface area (Å²) in [4.78, 5) is 23.7. The van der Waals surface area contributed by atoms with Gasteiger partial charge in [0, 0.05) is 10.8 Å². The van der Waals surface area contributed by atoms with Gasteiger partial charge in [-0.3, -0.25) is 9.59 Å². The molecular formula is C13H20N2O3S. The number of carbonyl (C=O) groups is 2. The SMILES string of the molecule is CC(CCCN)C(=O)NC(CC(=O)O)c1cccs1. The number of carboxylic acid groups (broad SMARTS) is 1. The molecule has 1 aromatic rings. The molecule has 0 aliphatic rings. The van der Waals surface area contributed by atoms with Crippen LogP contribution in [0.4, 0.5) is 0 Å². The summed E-state index contributed by atoms with van der Waals surface area (Å²) >= 11 is 1.45. The van der Waals surface area contributed by atoms with Crippen molar-refractivity contribution in [1.29, 1.82) is 0 Å². The molecule has 0 bridgehead atoms. The number of thiophene rings is 1. The summed E-state index contributed by atoms with van der Waals surface area (Å²) in [5.41, 5.74) is 5.41. The Bertz CT molecular complexity index is 406. The van der Waals surface area contributed by atoms with Gasteiger partial charge in [-0.25, -0.2) is 0 Å². The lowest BCUT2D eigenvalue weighted by Gasteiger charge is -2.18. The quantitative estimate of drug-likeness (QED) is 0.678. The normalized spacial score (nSPS) is 13.8. The van der Waals surface area contributed by atoms with Gasteiger partial charge in [-0.2, -0.15) is 0 Å². The summed E-state index contributed by atoms with van der Waals surface area (Å²) in [6, 6.07) is 3.23. The van der Waals surface area contributed by atoms with Gasteiger partial charge in [-0.1, -0.05) is 13.0 Å². The molecule has 6 heteroatoms. The Morgan fingerprint density at radius 1 is 1.53 bits per heavy atom. The zero-order chi connectivity index (χ0) is 14.3. The molecule has 0 spiro atoms. The number of amides is 1. The molecule has 0 fully saturated rings. The third-order valence-electron chi connectivity index (χ3n) is 2.87. The minimum absolute atomic E-state index is 0.101. The maximum atomic E-state index is 12.0. The van der Waals surface area contributed by atoms with Gasteiger partial charge in [0.15, 0.2) is 0 Å². The van der Waals surface area contributed by atoms with E-state index in [1.54, 1.807) is 0 Å². The van der Waals surface area contributed by atoms with Crippen LogP contribution in [0, 0.1) is 5.92 Å². The Balaban J connectivity index is 2.62. The van der Waals surface area contributed by atoms with E-state index in [0.29, 0.717) is 13.0 Å². The van der Waals surface area contributed by atoms with E-state index in [1.807, 2.05) is 24.4 Å². The zero-order valence-electron chi connectivity index (χ0n) is 11.0. The van der Waals surface area contributed by atoms with Crippen molar-refractivity contribution in [3.05, 3.63) is 22.4 Å². The molecular weight excluding hydrogens is 264 g/mol. The van der Waals surface area contributed by atoms with Crippen LogP contribution in [0.15, 0.2) is 17.5 Å². The minimum Gasteiger partial charge on any atom is -0.481 e. The first-order valence-corrected chi connectivity index (χ1v) is 7.18. The number of nitrogens with one attached hydrogen (secondary N) is 1. The van der Waals surface area contributed by atoms with Crippen molar-refractivity contribution in [3.63, 3.8) is 0 Å².